The number of ether oxygens (including phenoxy) is 2. The molecule has 7 heteroatoms. The molecule has 3 aromatic rings. The zero-order valence-corrected chi connectivity index (χ0v) is 17.9. The van der Waals surface area contributed by atoms with E-state index in [1.54, 1.807) is 37.4 Å². The van der Waals surface area contributed by atoms with Gasteiger partial charge in [0.25, 0.3) is 0 Å². The Labute approximate surface area is 184 Å². The maximum atomic E-state index is 13.0. The average molecular weight is 455 g/mol. The van der Waals surface area contributed by atoms with E-state index in [1.165, 1.54) is 12.1 Å². The van der Waals surface area contributed by atoms with E-state index in [-0.39, 0.29) is 5.82 Å². The zero-order chi connectivity index (χ0) is 20.8. The number of hydrogen-bond donors (Lipinski definition) is 1. The van der Waals surface area contributed by atoms with Crippen LogP contribution in [0.4, 0.5) is 4.39 Å². The van der Waals surface area contributed by atoms with E-state index in [4.69, 9.17) is 44.3 Å². The van der Waals surface area contributed by atoms with Crippen LogP contribution in [-0.2, 0) is 19.7 Å². The number of rotatable bonds is 8. The highest BCUT2D eigenvalue weighted by molar-refractivity contribution is 6.42. The van der Waals surface area contributed by atoms with Gasteiger partial charge in [0.15, 0.2) is 11.5 Å². The number of nitrogens with one attached hydrogen (secondary N) is 1. The Morgan fingerprint density at radius 3 is 2.21 bits per heavy atom. The summed E-state index contributed by atoms with van der Waals surface area (Å²) in [5.74, 6) is 0.858. The summed E-state index contributed by atoms with van der Waals surface area (Å²) in [6.45, 7) is 1.42. The van der Waals surface area contributed by atoms with Gasteiger partial charge in [-0.2, -0.15) is 0 Å². The third-order valence-corrected chi connectivity index (χ3v) is 5.36. The van der Waals surface area contributed by atoms with Gasteiger partial charge in [0.05, 0.1) is 17.2 Å². The van der Waals surface area contributed by atoms with Crippen LogP contribution < -0.4 is 14.8 Å². The molecule has 0 aliphatic carbocycles. The van der Waals surface area contributed by atoms with Crippen molar-refractivity contribution in [3.63, 3.8) is 0 Å². The maximum Gasteiger partial charge on any atom is 0.163 e. The standard InChI is InChI=1S/C22H19Cl3FNO2/c1-28-21-9-16(12-27-11-14-2-5-17(26)6-3-14)19(24)10-22(21)29-13-15-4-7-18(23)20(25)8-15/h2-10,27H,11-13H2,1H3. The largest absolute Gasteiger partial charge is 0.493 e. The molecule has 0 atom stereocenters. The van der Waals surface area contributed by atoms with Gasteiger partial charge in [-0.15, -0.1) is 0 Å². The molecule has 0 aliphatic rings. The Morgan fingerprint density at radius 1 is 0.793 bits per heavy atom. The third kappa shape index (κ3) is 6.00. The molecule has 0 aliphatic heterocycles. The van der Waals surface area contributed by atoms with Gasteiger partial charge in [0.1, 0.15) is 12.4 Å². The van der Waals surface area contributed by atoms with Crippen LogP contribution in [0.3, 0.4) is 0 Å². The Kier molecular flexibility index (Phi) is 7.62. The van der Waals surface area contributed by atoms with E-state index in [1.807, 2.05) is 12.1 Å². The lowest BCUT2D eigenvalue weighted by Gasteiger charge is -2.15. The predicted octanol–water partition coefficient (Wildman–Crippen LogP) is 6.66. The zero-order valence-electron chi connectivity index (χ0n) is 15.6. The predicted molar refractivity (Wildman–Crippen MR) is 116 cm³/mol. The second-order valence-corrected chi connectivity index (χ2v) is 7.58. The highest BCUT2D eigenvalue weighted by Crippen LogP contribution is 2.34. The normalized spacial score (nSPS) is 10.8. The van der Waals surface area contributed by atoms with E-state index in [9.17, 15) is 4.39 Å². The van der Waals surface area contributed by atoms with Crippen LogP contribution in [0.15, 0.2) is 54.6 Å². The maximum absolute atomic E-state index is 13.0. The number of hydrogen-bond acceptors (Lipinski definition) is 3. The summed E-state index contributed by atoms with van der Waals surface area (Å²) in [6.07, 6.45) is 0. The molecule has 0 saturated carbocycles. The van der Waals surface area contributed by atoms with Gasteiger partial charge in [-0.05, 0) is 47.0 Å². The lowest BCUT2D eigenvalue weighted by Crippen LogP contribution is -2.13. The van der Waals surface area contributed by atoms with Gasteiger partial charge >= 0.3 is 0 Å². The van der Waals surface area contributed by atoms with Crippen LogP contribution in [0.2, 0.25) is 15.1 Å². The molecule has 3 aromatic carbocycles. The molecule has 3 nitrogen and oxygen atoms in total. The van der Waals surface area contributed by atoms with Crippen molar-refractivity contribution >= 4 is 34.8 Å². The van der Waals surface area contributed by atoms with Crippen LogP contribution in [0.5, 0.6) is 11.5 Å². The topological polar surface area (TPSA) is 30.5 Å². The van der Waals surface area contributed by atoms with Gasteiger partial charge in [-0.25, -0.2) is 4.39 Å². The summed E-state index contributed by atoms with van der Waals surface area (Å²) < 4.78 is 24.3. The first kappa shape index (κ1) is 21.7. The lowest BCUT2D eigenvalue weighted by atomic mass is 10.1. The van der Waals surface area contributed by atoms with Crippen LogP contribution in [0.1, 0.15) is 16.7 Å². The van der Waals surface area contributed by atoms with Gasteiger partial charge in [0, 0.05) is 24.2 Å². The van der Waals surface area contributed by atoms with Crippen LogP contribution >= 0.6 is 34.8 Å². The van der Waals surface area contributed by atoms with Crippen molar-refractivity contribution in [3.8, 4) is 11.5 Å². The molecule has 0 heterocycles. The van der Waals surface area contributed by atoms with Crippen molar-refractivity contribution in [2.75, 3.05) is 7.11 Å². The molecule has 0 spiro atoms. The molecule has 0 fully saturated rings. The van der Waals surface area contributed by atoms with Crippen LogP contribution in [-0.4, -0.2) is 7.11 Å². The minimum Gasteiger partial charge on any atom is -0.493 e. The summed E-state index contributed by atoms with van der Waals surface area (Å²) >= 11 is 18.4. The number of halogens is 4. The molecular weight excluding hydrogens is 436 g/mol. The molecule has 29 heavy (non-hydrogen) atoms. The molecule has 0 amide bonds. The summed E-state index contributed by atoms with van der Waals surface area (Å²) in [5.41, 5.74) is 2.73. The quantitative estimate of drug-likeness (QED) is 0.412. The van der Waals surface area contributed by atoms with E-state index in [0.717, 1.165) is 16.7 Å². The smallest absolute Gasteiger partial charge is 0.163 e. The summed E-state index contributed by atoms with van der Waals surface area (Å²) in [6, 6.07) is 15.2. The first-order valence-electron chi connectivity index (χ1n) is 8.84. The molecular formula is C22H19Cl3FNO2. The lowest BCUT2D eigenvalue weighted by molar-refractivity contribution is 0.284. The molecule has 1 N–H and O–H groups in total. The molecule has 0 saturated heterocycles. The van der Waals surface area contributed by atoms with E-state index in [0.29, 0.717) is 46.3 Å². The highest BCUT2D eigenvalue weighted by atomic mass is 35.5. The van der Waals surface area contributed by atoms with Crippen molar-refractivity contribution < 1.29 is 13.9 Å². The fourth-order valence-corrected chi connectivity index (χ4v) is 3.26. The van der Waals surface area contributed by atoms with Crippen molar-refractivity contribution in [1.82, 2.24) is 5.32 Å². The average Bonchev–Trinajstić information content (AvgIpc) is 2.71. The highest BCUT2D eigenvalue weighted by Gasteiger charge is 2.11. The van der Waals surface area contributed by atoms with E-state index >= 15 is 0 Å². The van der Waals surface area contributed by atoms with Gasteiger partial charge in [-0.1, -0.05) is 53.0 Å². The number of benzene rings is 3. The molecule has 0 radical (unpaired) electrons. The Balaban J connectivity index is 1.64. The summed E-state index contributed by atoms with van der Waals surface area (Å²) in [5, 5.41) is 4.81. The molecule has 0 unspecified atom stereocenters. The Morgan fingerprint density at radius 2 is 1.52 bits per heavy atom. The monoisotopic (exact) mass is 453 g/mol. The van der Waals surface area contributed by atoms with Crippen molar-refractivity contribution in [2.24, 2.45) is 0 Å². The summed E-state index contributed by atoms with van der Waals surface area (Å²) in [7, 11) is 1.57. The Hall–Kier alpha value is -1.98. The van der Waals surface area contributed by atoms with Gasteiger partial charge < -0.3 is 14.8 Å². The minimum atomic E-state index is -0.252. The third-order valence-electron chi connectivity index (χ3n) is 4.27. The molecule has 3 rings (SSSR count). The molecule has 0 bridgehead atoms. The molecule has 152 valence electrons. The second kappa shape index (κ2) is 10.2. The van der Waals surface area contributed by atoms with Crippen LogP contribution in [0.25, 0.3) is 0 Å². The van der Waals surface area contributed by atoms with Gasteiger partial charge in [-0.3, -0.25) is 0 Å². The minimum absolute atomic E-state index is 0.252. The SMILES string of the molecule is COc1cc(CNCc2ccc(F)cc2)c(Cl)cc1OCc1ccc(Cl)c(Cl)c1. The molecule has 0 aromatic heterocycles. The van der Waals surface area contributed by atoms with Crippen molar-refractivity contribution in [3.05, 3.63) is 92.2 Å². The van der Waals surface area contributed by atoms with E-state index in [2.05, 4.69) is 5.32 Å². The number of methoxy groups -OCH3 is 1. The fraction of sp³-hybridized carbons (Fsp3) is 0.182. The Bertz CT molecular complexity index is 981. The first-order valence-corrected chi connectivity index (χ1v) is 9.98. The first-order chi connectivity index (χ1) is 14.0. The van der Waals surface area contributed by atoms with Gasteiger partial charge in [0.2, 0.25) is 0 Å². The fourth-order valence-electron chi connectivity index (χ4n) is 2.72. The second-order valence-electron chi connectivity index (χ2n) is 6.36. The summed E-state index contributed by atoms with van der Waals surface area (Å²) in [4.78, 5) is 0. The van der Waals surface area contributed by atoms with Crippen molar-refractivity contribution in [1.29, 1.82) is 0 Å². The van der Waals surface area contributed by atoms with E-state index < -0.39 is 0 Å². The van der Waals surface area contributed by atoms with Crippen LogP contribution in [0, 0.1) is 5.82 Å². The van der Waals surface area contributed by atoms with Crippen molar-refractivity contribution in [2.45, 2.75) is 19.7 Å².